The summed E-state index contributed by atoms with van der Waals surface area (Å²) in [6, 6.07) is 12.6. The third-order valence-electron chi connectivity index (χ3n) is 5.75. The average Bonchev–Trinajstić information content (AvgIpc) is 3.27. The van der Waals surface area contributed by atoms with Crippen LogP contribution in [0.1, 0.15) is 35.0 Å². The Morgan fingerprint density at radius 3 is 2.89 bits per heavy atom. The molecule has 1 fully saturated rings. The highest BCUT2D eigenvalue weighted by Gasteiger charge is 2.28. The summed E-state index contributed by atoms with van der Waals surface area (Å²) in [5, 5.41) is 8.48. The first-order chi connectivity index (χ1) is 13.5. The number of aryl methyl sites for hydroxylation is 2. The summed E-state index contributed by atoms with van der Waals surface area (Å²) in [6.07, 6.45) is 2.75. The monoisotopic (exact) mass is 377 g/mol. The van der Waals surface area contributed by atoms with E-state index in [1.54, 1.807) is 10.9 Å². The van der Waals surface area contributed by atoms with Crippen molar-refractivity contribution >= 4 is 16.9 Å². The number of rotatable bonds is 5. The van der Waals surface area contributed by atoms with E-state index in [-0.39, 0.29) is 11.9 Å². The van der Waals surface area contributed by atoms with E-state index in [0.29, 0.717) is 11.5 Å². The molecule has 0 radical (unpaired) electrons. The van der Waals surface area contributed by atoms with Crippen molar-refractivity contribution in [2.75, 3.05) is 13.1 Å². The fourth-order valence-electron chi connectivity index (χ4n) is 4.10. The number of amides is 1. The van der Waals surface area contributed by atoms with Gasteiger partial charge in [-0.05, 0) is 44.4 Å². The van der Waals surface area contributed by atoms with Crippen LogP contribution in [0, 0.1) is 12.8 Å². The maximum Gasteiger partial charge on any atom is 0.253 e. The fourth-order valence-corrected chi connectivity index (χ4v) is 4.10. The maximum atomic E-state index is 12.8. The van der Waals surface area contributed by atoms with E-state index in [0.717, 1.165) is 42.8 Å². The van der Waals surface area contributed by atoms with Crippen LogP contribution >= 0.6 is 0 Å². The summed E-state index contributed by atoms with van der Waals surface area (Å²) in [4.78, 5) is 19.6. The van der Waals surface area contributed by atoms with Gasteiger partial charge in [0.2, 0.25) is 0 Å². The zero-order valence-corrected chi connectivity index (χ0v) is 16.7. The largest absolute Gasteiger partial charge is 0.349 e. The average molecular weight is 377 g/mol. The van der Waals surface area contributed by atoms with Crippen LogP contribution in [0.4, 0.5) is 0 Å². The molecule has 146 valence electrons. The lowest BCUT2D eigenvalue weighted by atomic mass is 10.00. The van der Waals surface area contributed by atoms with Gasteiger partial charge in [0, 0.05) is 37.8 Å². The first kappa shape index (κ1) is 18.6. The van der Waals surface area contributed by atoms with Gasteiger partial charge in [0.05, 0.1) is 11.3 Å². The first-order valence-electron chi connectivity index (χ1n) is 9.88. The highest BCUT2D eigenvalue weighted by molar-refractivity contribution is 5.97. The molecule has 1 aliphatic heterocycles. The van der Waals surface area contributed by atoms with E-state index in [2.05, 4.69) is 51.5 Å². The molecular formula is C22H27N5O. The minimum Gasteiger partial charge on any atom is -0.349 e. The van der Waals surface area contributed by atoms with Crippen molar-refractivity contribution in [3.8, 4) is 0 Å². The minimum atomic E-state index is -0.0633. The van der Waals surface area contributed by atoms with E-state index >= 15 is 0 Å². The molecule has 0 bridgehead atoms. The van der Waals surface area contributed by atoms with Gasteiger partial charge < -0.3 is 5.32 Å². The Morgan fingerprint density at radius 1 is 1.32 bits per heavy atom. The molecule has 6 nitrogen and oxygen atoms in total. The minimum absolute atomic E-state index is 0.0633. The Morgan fingerprint density at radius 2 is 2.11 bits per heavy atom. The van der Waals surface area contributed by atoms with Crippen LogP contribution in [-0.2, 0) is 13.6 Å². The van der Waals surface area contributed by atoms with Crippen LogP contribution in [0.2, 0.25) is 0 Å². The van der Waals surface area contributed by atoms with Crippen LogP contribution in [0.15, 0.2) is 42.6 Å². The second kappa shape index (κ2) is 7.72. The summed E-state index contributed by atoms with van der Waals surface area (Å²) >= 11 is 0. The van der Waals surface area contributed by atoms with Gasteiger partial charge in [-0.3, -0.25) is 14.4 Å². The van der Waals surface area contributed by atoms with Gasteiger partial charge in [0.1, 0.15) is 0 Å². The third kappa shape index (κ3) is 3.78. The number of carbonyl (C=O) groups is 1. The van der Waals surface area contributed by atoms with Crippen LogP contribution in [-0.4, -0.2) is 44.7 Å². The van der Waals surface area contributed by atoms with Gasteiger partial charge in [-0.2, -0.15) is 5.10 Å². The molecule has 1 aromatic carbocycles. The zero-order chi connectivity index (χ0) is 19.7. The van der Waals surface area contributed by atoms with Gasteiger partial charge in [-0.1, -0.05) is 30.3 Å². The Kier molecular flexibility index (Phi) is 5.13. The van der Waals surface area contributed by atoms with Crippen molar-refractivity contribution < 1.29 is 4.79 Å². The summed E-state index contributed by atoms with van der Waals surface area (Å²) < 4.78 is 1.74. The van der Waals surface area contributed by atoms with Gasteiger partial charge >= 0.3 is 0 Å². The van der Waals surface area contributed by atoms with E-state index in [9.17, 15) is 4.79 Å². The highest BCUT2D eigenvalue weighted by Crippen LogP contribution is 2.22. The van der Waals surface area contributed by atoms with Crippen molar-refractivity contribution in [3.63, 3.8) is 0 Å². The number of benzene rings is 1. The van der Waals surface area contributed by atoms with Gasteiger partial charge in [0.15, 0.2) is 5.65 Å². The Bertz CT molecular complexity index is 981. The summed E-state index contributed by atoms with van der Waals surface area (Å²) in [7, 11) is 1.87. The second-order valence-electron chi connectivity index (χ2n) is 7.84. The van der Waals surface area contributed by atoms with Crippen LogP contribution < -0.4 is 5.32 Å². The van der Waals surface area contributed by atoms with Crippen molar-refractivity contribution in [1.82, 2.24) is 25.0 Å². The molecule has 0 saturated carbocycles. The summed E-state index contributed by atoms with van der Waals surface area (Å²) in [5.74, 6) is 0.399. The number of nitrogens with zero attached hydrogens (tertiary/aromatic N) is 4. The Balaban J connectivity index is 1.37. The molecule has 0 aliphatic carbocycles. The zero-order valence-electron chi connectivity index (χ0n) is 16.7. The predicted molar refractivity (Wildman–Crippen MR) is 110 cm³/mol. The Labute approximate surface area is 165 Å². The van der Waals surface area contributed by atoms with Crippen LogP contribution in [0.3, 0.4) is 0 Å². The number of hydrogen-bond donors (Lipinski definition) is 1. The lowest BCUT2D eigenvalue weighted by molar-refractivity contribution is 0.0927. The van der Waals surface area contributed by atoms with E-state index < -0.39 is 0 Å². The number of hydrogen-bond acceptors (Lipinski definition) is 4. The quantitative estimate of drug-likeness (QED) is 0.743. The molecule has 0 spiro atoms. The number of fused-ring (bicyclic) bond motifs is 1. The van der Waals surface area contributed by atoms with Crippen molar-refractivity contribution in [2.45, 2.75) is 32.9 Å². The normalized spacial score (nSPS) is 18.5. The standard InChI is InChI=1S/C22H27N5O/c1-15(18-9-10-27(14-18)13-17-7-5-4-6-8-17)24-22(28)19-11-20-16(2)25-26(3)21(20)23-12-19/h4-8,11-12,15,18H,9-10,13-14H2,1-3H3,(H,24,28)/t15-,18+/m1/s1. The SMILES string of the molecule is Cc1nn(C)c2ncc(C(=O)N[C@H](C)[C@H]3CCN(Cc4ccccc4)C3)cc12. The molecule has 1 saturated heterocycles. The summed E-state index contributed by atoms with van der Waals surface area (Å²) in [6.45, 7) is 7.10. The van der Waals surface area contributed by atoms with Crippen molar-refractivity contribution in [2.24, 2.45) is 13.0 Å². The topological polar surface area (TPSA) is 63.1 Å². The molecule has 3 heterocycles. The third-order valence-corrected chi connectivity index (χ3v) is 5.75. The van der Waals surface area contributed by atoms with E-state index in [4.69, 9.17) is 0 Å². The van der Waals surface area contributed by atoms with Crippen LogP contribution in [0.5, 0.6) is 0 Å². The Hall–Kier alpha value is -2.73. The van der Waals surface area contributed by atoms with Crippen molar-refractivity contribution in [1.29, 1.82) is 0 Å². The molecule has 1 amide bonds. The van der Waals surface area contributed by atoms with E-state index in [1.807, 2.05) is 26.1 Å². The van der Waals surface area contributed by atoms with Gasteiger partial charge in [-0.25, -0.2) is 4.98 Å². The smallest absolute Gasteiger partial charge is 0.253 e. The molecule has 0 unspecified atom stereocenters. The number of carbonyl (C=O) groups excluding carboxylic acids is 1. The number of pyridine rings is 1. The lowest BCUT2D eigenvalue weighted by Crippen LogP contribution is -2.39. The highest BCUT2D eigenvalue weighted by atomic mass is 16.1. The molecule has 4 rings (SSSR count). The summed E-state index contributed by atoms with van der Waals surface area (Å²) in [5.41, 5.74) is 3.62. The number of nitrogens with one attached hydrogen (secondary N) is 1. The van der Waals surface area contributed by atoms with Crippen LogP contribution in [0.25, 0.3) is 11.0 Å². The lowest BCUT2D eigenvalue weighted by Gasteiger charge is -2.22. The molecule has 1 aliphatic rings. The first-order valence-corrected chi connectivity index (χ1v) is 9.88. The molecular weight excluding hydrogens is 350 g/mol. The molecule has 3 aromatic rings. The fraction of sp³-hybridized carbons (Fsp3) is 0.409. The number of aromatic nitrogens is 3. The molecule has 2 atom stereocenters. The molecule has 6 heteroatoms. The van der Waals surface area contributed by atoms with Gasteiger partial charge in [-0.15, -0.1) is 0 Å². The van der Waals surface area contributed by atoms with Gasteiger partial charge in [0.25, 0.3) is 5.91 Å². The second-order valence-corrected chi connectivity index (χ2v) is 7.84. The molecule has 1 N–H and O–H groups in total. The molecule has 28 heavy (non-hydrogen) atoms. The number of likely N-dealkylation sites (tertiary alicyclic amines) is 1. The van der Waals surface area contributed by atoms with Crippen molar-refractivity contribution in [3.05, 3.63) is 59.4 Å². The maximum absolute atomic E-state index is 12.8. The van der Waals surface area contributed by atoms with E-state index in [1.165, 1.54) is 5.56 Å². The molecule has 2 aromatic heterocycles. The predicted octanol–water partition coefficient (Wildman–Crippen LogP) is 2.92.